The molecule has 0 unspecified atom stereocenters. The van der Waals surface area contributed by atoms with E-state index in [0.717, 1.165) is 19.6 Å². The molecule has 0 aliphatic carbocycles. The summed E-state index contributed by atoms with van der Waals surface area (Å²) >= 11 is 2.01. The fourth-order valence-corrected chi connectivity index (χ4v) is 3.37. The summed E-state index contributed by atoms with van der Waals surface area (Å²) in [6.45, 7) is 5.01. The minimum absolute atomic E-state index is 0.172. The number of hydrogen-bond donors (Lipinski definition) is 1. The van der Waals surface area contributed by atoms with Gasteiger partial charge in [-0.15, -0.1) is 0 Å². The van der Waals surface area contributed by atoms with E-state index in [1.165, 1.54) is 17.1 Å². The molecule has 0 atom stereocenters. The van der Waals surface area contributed by atoms with E-state index in [-0.39, 0.29) is 5.91 Å². The van der Waals surface area contributed by atoms with Crippen molar-refractivity contribution in [3.05, 3.63) is 47.2 Å². The Labute approximate surface area is 134 Å². The van der Waals surface area contributed by atoms with Crippen LogP contribution in [0.25, 0.3) is 0 Å². The number of carbonyl (C=O) groups is 1. The number of aryl methyl sites for hydroxylation is 1. The van der Waals surface area contributed by atoms with E-state index in [4.69, 9.17) is 4.52 Å². The van der Waals surface area contributed by atoms with E-state index in [0.29, 0.717) is 17.1 Å². The van der Waals surface area contributed by atoms with Crippen molar-refractivity contribution >= 4 is 23.5 Å². The molecule has 22 heavy (non-hydrogen) atoms. The molecule has 0 saturated carbocycles. The average Bonchev–Trinajstić information content (AvgIpc) is 2.94. The first kappa shape index (κ1) is 15.1. The van der Waals surface area contributed by atoms with Crippen LogP contribution in [0, 0.1) is 6.92 Å². The summed E-state index contributed by atoms with van der Waals surface area (Å²) < 4.78 is 4.93. The van der Waals surface area contributed by atoms with Gasteiger partial charge in [0.1, 0.15) is 5.76 Å². The highest BCUT2D eigenvalue weighted by molar-refractivity contribution is 7.99. The Kier molecular flexibility index (Phi) is 4.80. The third-order valence-corrected chi connectivity index (χ3v) is 4.54. The van der Waals surface area contributed by atoms with Gasteiger partial charge >= 0.3 is 0 Å². The van der Waals surface area contributed by atoms with Crippen LogP contribution in [0.2, 0.25) is 0 Å². The number of thioether (sulfide) groups is 1. The molecule has 0 spiro atoms. The van der Waals surface area contributed by atoms with Crippen LogP contribution >= 0.6 is 11.8 Å². The van der Waals surface area contributed by atoms with Crippen LogP contribution < -0.4 is 5.32 Å². The fourth-order valence-electron chi connectivity index (χ4n) is 2.39. The van der Waals surface area contributed by atoms with Crippen LogP contribution in [0.15, 0.2) is 34.9 Å². The van der Waals surface area contributed by atoms with Gasteiger partial charge in [0.05, 0.1) is 0 Å². The second-order valence-electron chi connectivity index (χ2n) is 5.36. The summed E-state index contributed by atoms with van der Waals surface area (Å²) in [5.74, 6) is 3.35. The summed E-state index contributed by atoms with van der Waals surface area (Å²) in [5.41, 5.74) is 1.86. The standard InChI is InChI=1S/C16H19N3O2S/c1-12-10-15(18-21-12)17-16(20)14-4-2-13(3-5-14)11-19-6-8-22-9-7-19/h2-5,10H,6-9,11H2,1H3,(H,17,18,20). The molecule has 1 amide bonds. The molecule has 1 N–H and O–H groups in total. The molecule has 1 saturated heterocycles. The molecule has 2 heterocycles. The molecule has 2 aromatic rings. The van der Waals surface area contributed by atoms with Crippen LogP contribution in [0.1, 0.15) is 21.7 Å². The monoisotopic (exact) mass is 317 g/mol. The number of carbonyl (C=O) groups excluding carboxylic acids is 1. The van der Waals surface area contributed by atoms with Gasteiger partial charge in [-0.25, -0.2) is 0 Å². The number of rotatable bonds is 4. The number of nitrogens with zero attached hydrogens (tertiary/aromatic N) is 2. The van der Waals surface area contributed by atoms with Gasteiger partial charge in [-0.3, -0.25) is 9.69 Å². The number of aromatic nitrogens is 1. The third-order valence-electron chi connectivity index (χ3n) is 3.60. The highest BCUT2D eigenvalue weighted by atomic mass is 32.2. The number of anilines is 1. The van der Waals surface area contributed by atoms with Crippen molar-refractivity contribution < 1.29 is 9.32 Å². The summed E-state index contributed by atoms with van der Waals surface area (Å²) in [6.07, 6.45) is 0. The first-order valence-electron chi connectivity index (χ1n) is 7.34. The lowest BCUT2D eigenvalue weighted by Gasteiger charge is -2.26. The average molecular weight is 317 g/mol. The molecule has 1 aromatic carbocycles. The molecular formula is C16H19N3O2S. The van der Waals surface area contributed by atoms with E-state index in [1.54, 1.807) is 13.0 Å². The zero-order valence-corrected chi connectivity index (χ0v) is 13.4. The number of benzene rings is 1. The van der Waals surface area contributed by atoms with Gasteiger partial charge in [-0.2, -0.15) is 11.8 Å². The molecule has 1 aliphatic rings. The first-order chi connectivity index (χ1) is 10.7. The van der Waals surface area contributed by atoms with Gasteiger partial charge in [0.25, 0.3) is 5.91 Å². The van der Waals surface area contributed by atoms with E-state index in [9.17, 15) is 4.79 Å². The third kappa shape index (κ3) is 3.90. The van der Waals surface area contributed by atoms with Crippen molar-refractivity contribution in [2.24, 2.45) is 0 Å². The lowest BCUT2D eigenvalue weighted by molar-refractivity contribution is 0.102. The Hall–Kier alpha value is -1.79. The number of hydrogen-bond acceptors (Lipinski definition) is 5. The molecule has 1 aliphatic heterocycles. The van der Waals surface area contributed by atoms with Crippen LogP contribution in [0.5, 0.6) is 0 Å². The Morgan fingerprint density at radius 1 is 1.32 bits per heavy atom. The van der Waals surface area contributed by atoms with Gasteiger partial charge < -0.3 is 9.84 Å². The Morgan fingerprint density at radius 3 is 2.68 bits per heavy atom. The molecule has 5 nitrogen and oxygen atoms in total. The van der Waals surface area contributed by atoms with E-state index < -0.39 is 0 Å². The van der Waals surface area contributed by atoms with E-state index in [2.05, 4.69) is 15.4 Å². The maximum atomic E-state index is 12.1. The normalized spacial score (nSPS) is 15.7. The molecule has 1 fully saturated rings. The molecule has 0 bridgehead atoms. The maximum absolute atomic E-state index is 12.1. The van der Waals surface area contributed by atoms with E-state index >= 15 is 0 Å². The topological polar surface area (TPSA) is 58.4 Å². The highest BCUT2D eigenvalue weighted by Crippen LogP contribution is 2.14. The summed E-state index contributed by atoms with van der Waals surface area (Å²) in [5, 5.41) is 6.48. The van der Waals surface area contributed by atoms with Crippen molar-refractivity contribution in [3.8, 4) is 0 Å². The first-order valence-corrected chi connectivity index (χ1v) is 8.50. The lowest BCUT2D eigenvalue weighted by atomic mass is 10.1. The van der Waals surface area contributed by atoms with Crippen molar-refractivity contribution in [1.82, 2.24) is 10.1 Å². The SMILES string of the molecule is Cc1cc(NC(=O)c2ccc(CN3CCSCC3)cc2)no1. The zero-order valence-electron chi connectivity index (χ0n) is 12.5. The quantitative estimate of drug-likeness (QED) is 0.939. The Balaban J connectivity index is 1.59. The maximum Gasteiger partial charge on any atom is 0.256 e. The molecular weight excluding hydrogens is 298 g/mol. The van der Waals surface area contributed by atoms with Crippen LogP contribution in [-0.4, -0.2) is 40.6 Å². The van der Waals surface area contributed by atoms with Crippen molar-refractivity contribution in [1.29, 1.82) is 0 Å². The second kappa shape index (κ2) is 6.98. The summed E-state index contributed by atoms with van der Waals surface area (Å²) in [4.78, 5) is 14.6. The minimum Gasteiger partial charge on any atom is -0.360 e. The largest absolute Gasteiger partial charge is 0.360 e. The second-order valence-corrected chi connectivity index (χ2v) is 6.59. The highest BCUT2D eigenvalue weighted by Gasteiger charge is 2.12. The fraction of sp³-hybridized carbons (Fsp3) is 0.375. The molecule has 0 radical (unpaired) electrons. The van der Waals surface area contributed by atoms with Crippen LogP contribution in [0.3, 0.4) is 0 Å². The predicted molar refractivity (Wildman–Crippen MR) is 88.2 cm³/mol. The Bertz CT molecular complexity index is 633. The molecule has 1 aromatic heterocycles. The smallest absolute Gasteiger partial charge is 0.256 e. The molecule has 6 heteroatoms. The number of amides is 1. The van der Waals surface area contributed by atoms with E-state index in [1.807, 2.05) is 36.0 Å². The predicted octanol–water partition coefficient (Wildman–Crippen LogP) is 2.78. The van der Waals surface area contributed by atoms with Crippen molar-refractivity contribution in [3.63, 3.8) is 0 Å². The summed E-state index contributed by atoms with van der Waals surface area (Å²) in [7, 11) is 0. The molecule has 3 rings (SSSR count). The van der Waals surface area contributed by atoms with Gasteiger partial charge in [0, 0.05) is 42.8 Å². The van der Waals surface area contributed by atoms with Gasteiger partial charge in [-0.05, 0) is 24.6 Å². The van der Waals surface area contributed by atoms with Crippen LogP contribution in [0.4, 0.5) is 5.82 Å². The van der Waals surface area contributed by atoms with Crippen molar-refractivity contribution in [2.75, 3.05) is 29.9 Å². The molecule has 116 valence electrons. The van der Waals surface area contributed by atoms with Gasteiger partial charge in [0.2, 0.25) is 0 Å². The lowest BCUT2D eigenvalue weighted by Crippen LogP contribution is -2.31. The number of nitrogens with one attached hydrogen (secondary N) is 1. The minimum atomic E-state index is -0.172. The Morgan fingerprint density at radius 2 is 2.05 bits per heavy atom. The zero-order chi connectivity index (χ0) is 15.4. The van der Waals surface area contributed by atoms with Gasteiger partial charge in [0.15, 0.2) is 5.82 Å². The van der Waals surface area contributed by atoms with Gasteiger partial charge in [-0.1, -0.05) is 17.3 Å². The summed E-state index contributed by atoms with van der Waals surface area (Å²) in [6, 6.07) is 9.45. The van der Waals surface area contributed by atoms with Crippen LogP contribution in [-0.2, 0) is 6.54 Å². The van der Waals surface area contributed by atoms with Crippen molar-refractivity contribution in [2.45, 2.75) is 13.5 Å².